The molecule has 2 N–H and O–H groups in total. The predicted octanol–water partition coefficient (Wildman–Crippen LogP) is 0.983. The highest BCUT2D eigenvalue weighted by Gasteiger charge is 2.27. The molecule has 19 heavy (non-hydrogen) atoms. The Morgan fingerprint density at radius 1 is 1.37 bits per heavy atom. The molecule has 0 aromatic heterocycles. The number of hydrogen-bond donors (Lipinski definition) is 1. The molecule has 1 heterocycles. The molecule has 0 saturated heterocycles. The van der Waals surface area contributed by atoms with E-state index in [9.17, 15) is 13.2 Å². The fourth-order valence-corrected chi connectivity index (χ4v) is 3.09. The van der Waals surface area contributed by atoms with Gasteiger partial charge in [0.2, 0.25) is 5.91 Å². The van der Waals surface area contributed by atoms with Crippen LogP contribution in [0.3, 0.4) is 0 Å². The third-order valence-electron chi connectivity index (χ3n) is 3.31. The van der Waals surface area contributed by atoms with Crippen molar-refractivity contribution in [2.24, 2.45) is 0 Å². The molecule has 0 saturated carbocycles. The summed E-state index contributed by atoms with van der Waals surface area (Å²) in [5.74, 6) is 0.278. The van der Waals surface area contributed by atoms with Gasteiger partial charge in [0.1, 0.15) is 9.84 Å². The van der Waals surface area contributed by atoms with E-state index in [1.165, 1.54) is 0 Å². The summed E-state index contributed by atoms with van der Waals surface area (Å²) in [5, 5.41) is 0. The number of nitrogen functional groups attached to an aromatic ring is 1. The topological polar surface area (TPSA) is 80.5 Å². The first-order chi connectivity index (χ1) is 8.93. The Morgan fingerprint density at radius 2 is 2.11 bits per heavy atom. The molecule has 6 heteroatoms. The van der Waals surface area contributed by atoms with Crippen molar-refractivity contribution >= 4 is 27.1 Å². The normalized spacial score (nSPS) is 14.8. The predicted molar refractivity (Wildman–Crippen MR) is 75.9 cm³/mol. The molecule has 0 radical (unpaired) electrons. The van der Waals surface area contributed by atoms with Crippen molar-refractivity contribution in [1.29, 1.82) is 0 Å². The van der Waals surface area contributed by atoms with Crippen LogP contribution in [0.4, 0.5) is 11.4 Å². The third kappa shape index (κ3) is 3.07. The molecule has 1 aliphatic heterocycles. The Bertz CT molecular complexity index is 596. The summed E-state index contributed by atoms with van der Waals surface area (Å²) in [6, 6.07) is 5.38. The average Bonchev–Trinajstić information content (AvgIpc) is 2.65. The zero-order valence-corrected chi connectivity index (χ0v) is 11.7. The van der Waals surface area contributed by atoms with Gasteiger partial charge >= 0.3 is 0 Å². The molecule has 104 valence electrons. The molecule has 0 aliphatic carbocycles. The fraction of sp³-hybridized carbons (Fsp3) is 0.462. The Kier molecular flexibility index (Phi) is 3.80. The van der Waals surface area contributed by atoms with Crippen LogP contribution in [0.15, 0.2) is 18.2 Å². The van der Waals surface area contributed by atoms with Crippen molar-refractivity contribution in [2.75, 3.05) is 28.7 Å². The minimum absolute atomic E-state index is 0.00879. The van der Waals surface area contributed by atoms with E-state index in [2.05, 4.69) is 0 Å². The molecule has 1 amide bonds. The van der Waals surface area contributed by atoms with Gasteiger partial charge in [0.15, 0.2) is 0 Å². The number of nitrogens with zero attached hydrogens (tertiary/aromatic N) is 1. The van der Waals surface area contributed by atoms with Crippen LogP contribution in [0.25, 0.3) is 0 Å². The van der Waals surface area contributed by atoms with Crippen molar-refractivity contribution in [3.63, 3.8) is 0 Å². The number of carbonyl (C=O) groups is 1. The largest absolute Gasteiger partial charge is 0.399 e. The Morgan fingerprint density at radius 3 is 2.79 bits per heavy atom. The van der Waals surface area contributed by atoms with E-state index >= 15 is 0 Å². The first kappa shape index (κ1) is 13.9. The van der Waals surface area contributed by atoms with Crippen LogP contribution < -0.4 is 10.6 Å². The van der Waals surface area contributed by atoms with Crippen LogP contribution in [-0.4, -0.2) is 32.4 Å². The van der Waals surface area contributed by atoms with Crippen LogP contribution >= 0.6 is 0 Å². The first-order valence-electron chi connectivity index (χ1n) is 6.32. The Balaban J connectivity index is 2.05. The van der Waals surface area contributed by atoms with E-state index in [-0.39, 0.29) is 17.4 Å². The van der Waals surface area contributed by atoms with Crippen molar-refractivity contribution in [1.82, 2.24) is 0 Å². The molecule has 0 atom stereocenters. The monoisotopic (exact) mass is 282 g/mol. The van der Waals surface area contributed by atoms with Crippen LogP contribution in [0.5, 0.6) is 0 Å². The number of benzene rings is 1. The first-order valence-corrected chi connectivity index (χ1v) is 8.14. The number of hydrogen-bond acceptors (Lipinski definition) is 4. The molecule has 0 spiro atoms. The summed E-state index contributed by atoms with van der Waals surface area (Å²) < 4.78 is 22.8. The van der Waals surface area contributed by atoms with Gasteiger partial charge in [0, 0.05) is 23.7 Å². The number of sulfone groups is 1. The number of nitrogens with two attached hydrogens (primary N) is 1. The lowest BCUT2D eigenvalue weighted by molar-refractivity contribution is -0.117. The van der Waals surface area contributed by atoms with E-state index in [0.29, 0.717) is 25.1 Å². The van der Waals surface area contributed by atoms with Crippen molar-refractivity contribution < 1.29 is 13.2 Å². The molecule has 0 bridgehead atoms. The summed E-state index contributed by atoms with van der Waals surface area (Å²) in [6.07, 6.45) is 0.812. The van der Waals surface area contributed by atoms with Gasteiger partial charge in [-0.15, -0.1) is 0 Å². The van der Waals surface area contributed by atoms with Gasteiger partial charge in [-0.3, -0.25) is 4.79 Å². The van der Waals surface area contributed by atoms with E-state index < -0.39 is 9.84 Å². The smallest absolute Gasteiger partial charge is 0.231 e. The van der Waals surface area contributed by atoms with E-state index in [1.54, 1.807) is 24.0 Å². The molecule has 2 rings (SSSR count). The summed E-state index contributed by atoms with van der Waals surface area (Å²) in [6.45, 7) is 2.07. The van der Waals surface area contributed by atoms with Crippen LogP contribution in [-0.2, 0) is 21.1 Å². The minimum atomic E-state index is -2.97. The Labute approximate surface area is 113 Å². The van der Waals surface area contributed by atoms with E-state index in [4.69, 9.17) is 5.73 Å². The fourth-order valence-electron chi connectivity index (χ4n) is 2.24. The minimum Gasteiger partial charge on any atom is -0.399 e. The van der Waals surface area contributed by atoms with Gasteiger partial charge < -0.3 is 10.6 Å². The van der Waals surface area contributed by atoms with Gasteiger partial charge in [0.25, 0.3) is 0 Å². The second-order valence-corrected chi connectivity index (χ2v) is 7.17. The molecular formula is C13H18N2O3S. The van der Waals surface area contributed by atoms with Crippen LogP contribution in [0.2, 0.25) is 0 Å². The second-order valence-electron chi connectivity index (χ2n) is 4.70. The summed E-state index contributed by atoms with van der Waals surface area (Å²) in [4.78, 5) is 13.6. The maximum atomic E-state index is 11.9. The van der Waals surface area contributed by atoms with Crippen molar-refractivity contribution in [3.05, 3.63) is 23.8 Å². The lowest BCUT2D eigenvalue weighted by atomic mass is 10.1. The van der Waals surface area contributed by atoms with Gasteiger partial charge in [-0.25, -0.2) is 8.42 Å². The highest BCUT2D eigenvalue weighted by Crippen LogP contribution is 2.30. The van der Waals surface area contributed by atoms with Gasteiger partial charge in [-0.1, -0.05) is 6.92 Å². The quantitative estimate of drug-likeness (QED) is 0.816. The number of amides is 1. The third-order valence-corrected chi connectivity index (χ3v) is 5.10. The summed E-state index contributed by atoms with van der Waals surface area (Å²) >= 11 is 0. The molecule has 0 unspecified atom stereocenters. The zero-order valence-electron chi connectivity index (χ0n) is 10.9. The molecule has 5 nitrogen and oxygen atoms in total. The summed E-state index contributed by atoms with van der Waals surface area (Å²) in [7, 11) is -2.97. The molecule has 1 aromatic carbocycles. The van der Waals surface area contributed by atoms with Crippen molar-refractivity contribution in [2.45, 2.75) is 19.8 Å². The second kappa shape index (κ2) is 5.21. The van der Waals surface area contributed by atoms with Crippen LogP contribution in [0.1, 0.15) is 18.9 Å². The lowest BCUT2D eigenvalue weighted by Gasteiger charge is -2.17. The molecular weight excluding hydrogens is 264 g/mol. The van der Waals surface area contributed by atoms with Gasteiger partial charge in [0.05, 0.1) is 12.2 Å². The highest BCUT2D eigenvalue weighted by molar-refractivity contribution is 7.91. The Hall–Kier alpha value is -1.56. The summed E-state index contributed by atoms with van der Waals surface area (Å²) in [5.41, 5.74) is 8.10. The average molecular weight is 282 g/mol. The lowest BCUT2D eigenvalue weighted by Crippen LogP contribution is -2.29. The number of fused-ring (bicyclic) bond motifs is 1. The highest BCUT2D eigenvalue weighted by atomic mass is 32.2. The SMILES string of the molecule is CCS(=O)(=O)CCCN1C(=O)Cc2cc(N)ccc21. The zero-order chi connectivity index (χ0) is 14.0. The maximum absolute atomic E-state index is 11.9. The number of carbonyl (C=O) groups excluding carboxylic acids is 1. The standard InChI is InChI=1S/C13H18N2O3S/c1-2-19(17,18)7-3-6-15-12-5-4-11(14)8-10(12)9-13(15)16/h4-5,8H,2-3,6-7,9,14H2,1H3. The van der Waals surface area contributed by atoms with Crippen molar-refractivity contribution in [3.8, 4) is 0 Å². The molecule has 0 fully saturated rings. The van der Waals surface area contributed by atoms with E-state index in [0.717, 1.165) is 11.3 Å². The number of anilines is 2. The van der Waals surface area contributed by atoms with Gasteiger partial charge in [-0.2, -0.15) is 0 Å². The van der Waals surface area contributed by atoms with Crippen LogP contribution in [0, 0.1) is 0 Å². The van der Waals surface area contributed by atoms with E-state index in [1.807, 2.05) is 6.07 Å². The molecule has 1 aromatic rings. The molecule has 1 aliphatic rings. The number of rotatable bonds is 5. The maximum Gasteiger partial charge on any atom is 0.231 e. The van der Waals surface area contributed by atoms with Gasteiger partial charge in [-0.05, 0) is 30.2 Å².